The Morgan fingerprint density at radius 3 is 0.940 bits per heavy atom. The summed E-state index contributed by atoms with van der Waals surface area (Å²) in [6, 6.07) is 20.7. The third-order valence-corrected chi connectivity index (χ3v) is 11.9. The van der Waals surface area contributed by atoms with Gasteiger partial charge in [0, 0.05) is 17.1 Å². The van der Waals surface area contributed by atoms with Gasteiger partial charge in [0.1, 0.15) is 0 Å². The molecule has 0 fully saturated rings. The van der Waals surface area contributed by atoms with Crippen LogP contribution in [-0.2, 0) is 14.2 Å². The molecular weight excluding hydrogens is 849 g/mol. The number of guanidine groups is 6. The van der Waals surface area contributed by atoms with E-state index in [9.17, 15) is 14.4 Å². The number of anilines is 3. The predicted octanol–water partition coefficient (Wildman–Crippen LogP) is 10.9. The number of carbonyl (C=O) groups is 3. The highest BCUT2D eigenvalue weighted by atomic mass is 16.5. The van der Waals surface area contributed by atoms with Gasteiger partial charge in [-0.2, -0.15) is 30.0 Å². The lowest BCUT2D eigenvalue weighted by Crippen LogP contribution is -2.49. The molecule has 3 atom stereocenters. The summed E-state index contributed by atoms with van der Waals surface area (Å²) in [4.78, 5) is 68.4. The maximum Gasteiger partial charge on any atom is 0.338 e. The Morgan fingerprint density at radius 1 is 0.433 bits per heavy atom. The van der Waals surface area contributed by atoms with Gasteiger partial charge in [0.05, 0.1) is 36.5 Å². The van der Waals surface area contributed by atoms with Gasteiger partial charge in [-0.1, -0.05) is 99.3 Å². The summed E-state index contributed by atoms with van der Waals surface area (Å²) in [5.41, 5.74) is 3.16. The molecule has 0 aromatic heterocycles. The molecule has 0 amide bonds. The summed E-state index contributed by atoms with van der Waals surface area (Å²) in [7, 11) is 0. The minimum absolute atomic E-state index is 0.179. The van der Waals surface area contributed by atoms with E-state index >= 15 is 0 Å². The highest BCUT2D eigenvalue weighted by Gasteiger charge is 2.35. The van der Waals surface area contributed by atoms with E-state index in [0.717, 1.165) is 77.0 Å². The van der Waals surface area contributed by atoms with Crippen molar-refractivity contribution in [3.63, 3.8) is 0 Å². The second-order valence-corrected chi connectivity index (χ2v) is 17.0. The Kier molecular flexibility index (Phi) is 18.8. The van der Waals surface area contributed by atoms with Gasteiger partial charge in [-0.15, -0.1) is 0 Å². The lowest BCUT2D eigenvalue weighted by Gasteiger charge is -2.30. The van der Waals surface area contributed by atoms with Gasteiger partial charge in [-0.05, 0) is 110 Å². The number of aliphatic imine (C=N–C) groups is 6. The summed E-state index contributed by atoms with van der Waals surface area (Å²) in [5.74, 6) is 1.00. The van der Waals surface area contributed by atoms with Crippen molar-refractivity contribution < 1.29 is 28.6 Å². The molecular formula is C51H66N10O6. The number of hydrogen-bond donors (Lipinski definition) is 3. The van der Waals surface area contributed by atoms with Crippen LogP contribution in [0.2, 0.25) is 0 Å². The molecule has 67 heavy (non-hydrogen) atoms. The van der Waals surface area contributed by atoms with Crippen LogP contribution >= 0.6 is 0 Å². The van der Waals surface area contributed by atoms with Crippen LogP contribution in [0.4, 0.5) is 17.1 Å². The van der Waals surface area contributed by atoms with E-state index in [2.05, 4.69) is 57.5 Å². The third kappa shape index (κ3) is 14.4. The molecule has 0 bridgehead atoms. The first-order valence-corrected chi connectivity index (χ1v) is 24.1. The SMILES string of the molecule is CCCCC(CC)COC(=O)c1ccc(NC2=NC3=NC(Nc4ccc(C(=O)OCC(CC)CCCC)cc4)=NC4=NC(Nc5ccc(C(=O)OCC(CC)CCCC)cc5)=NC(=N2)N34)cc1. The molecule has 3 unspecified atom stereocenters. The molecule has 3 aliphatic heterocycles. The van der Waals surface area contributed by atoms with Gasteiger partial charge in [0.2, 0.25) is 35.8 Å². The largest absolute Gasteiger partial charge is 0.462 e. The number of benzene rings is 3. The van der Waals surface area contributed by atoms with Crippen molar-refractivity contribution in [3.8, 4) is 0 Å². The molecule has 0 aliphatic carbocycles. The van der Waals surface area contributed by atoms with Crippen LogP contribution < -0.4 is 16.0 Å². The first kappa shape index (κ1) is 49.7. The summed E-state index contributed by atoms with van der Waals surface area (Å²) in [5, 5.41) is 9.65. The number of carbonyl (C=O) groups excluding carboxylic acids is 3. The van der Waals surface area contributed by atoms with E-state index in [0.29, 0.717) is 71.3 Å². The highest BCUT2D eigenvalue weighted by Crippen LogP contribution is 2.23. The van der Waals surface area contributed by atoms with Crippen LogP contribution in [0.3, 0.4) is 0 Å². The molecule has 0 radical (unpaired) electrons. The van der Waals surface area contributed by atoms with Crippen molar-refractivity contribution >= 4 is 70.7 Å². The van der Waals surface area contributed by atoms with Crippen LogP contribution in [0.25, 0.3) is 0 Å². The fourth-order valence-electron chi connectivity index (χ4n) is 7.44. The smallest absolute Gasteiger partial charge is 0.338 e. The zero-order valence-corrected chi connectivity index (χ0v) is 39.8. The molecule has 3 N–H and O–H groups in total. The number of unbranched alkanes of at least 4 members (excludes halogenated alkanes) is 3. The number of ether oxygens (including phenoxy) is 3. The van der Waals surface area contributed by atoms with E-state index in [4.69, 9.17) is 44.2 Å². The van der Waals surface area contributed by atoms with E-state index in [-0.39, 0.29) is 53.7 Å². The molecule has 356 valence electrons. The molecule has 0 spiro atoms. The van der Waals surface area contributed by atoms with Crippen LogP contribution in [0, 0.1) is 17.8 Å². The van der Waals surface area contributed by atoms with Crippen LogP contribution in [0.15, 0.2) is 103 Å². The normalized spacial score (nSPS) is 15.2. The van der Waals surface area contributed by atoms with Crippen molar-refractivity contribution in [2.24, 2.45) is 47.7 Å². The standard InChI is InChI=1S/C51H66N10O6/c1-7-13-16-34(10-4)31-65-43(62)37-19-25-40(26-20-37)52-46-55-49-57-47(53-41-27-21-38(22-28-41)44(63)66-32-35(11-5)17-14-8-2)59-51-60-48(58-50(56-46)61(49)51)54-42-29-23-39(24-30-42)45(64)67-33-36(12-6)18-15-9-3/h19-30,34-36H,7-18,31-33H2,1-6H3,(H3,52,53,54,55,56,57,58,59,60). The molecule has 3 aromatic rings. The summed E-state index contributed by atoms with van der Waals surface area (Å²) < 4.78 is 17.0. The number of esters is 3. The Labute approximate surface area is 394 Å². The summed E-state index contributed by atoms with van der Waals surface area (Å²) >= 11 is 0. The van der Waals surface area contributed by atoms with E-state index in [1.165, 1.54) is 4.90 Å². The third-order valence-electron chi connectivity index (χ3n) is 11.9. The second-order valence-electron chi connectivity index (χ2n) is 17.0. The maximum absolute atomic E-state index is 12.9. The number of nitrogens with one attached hydrogen (secondary N) is 3. The molecule has 0 saturated carbocycles. The lowest BCUT2D eigenvalue weighted by molar-refractivity contribution is 0.0419. The van der Waals surface area contributed by atoms with Crippen molar-refractivity contribution in [2.75, 3.05) is 35.8 Å². The average Bonchev–Trinajstić information content (AvgIpc) is 3.34. The Morgan fingerprint density at radius 2 is 0.701 bits per heavy atom. The Bertz CT molecular complexity index is 2080. The highest BCUT2D eigenvalue weighted by molar-refractivity contribution is 6.32. The van der Waals surface area contributed by atoms with Crippen molar-refractivity contribution in [1.29, 1.82) is 0 Å². The maximum atomic E-state index is 12.9. The average molecular weight is 915 g/mol. The minimum atomic E-state index is -0.373. The van der Waals surface area contributed by atoms with E-state index in [1.807, 2.05) is 0 Å². The first-order valence-electron chi connectivity index (χ1n) is 24.1. The van der Waals surface area contributed by atoms with Crippen LogP contribution in [-0.4, -0.2) is 78.4 Å². The molecule has 3 aliphatic rings. The summed E-state index contributed by atoms with van der Waals surface area (Å²) in [6.07, 6.45) is 12.6. The van der Waals surface area contributed by atoms with Crippen LogP contribution in [0.1, 0.15) is 150 Å². The lowest BCUT2D eigenvalue weighted by atomic mass is 10.0. The monoisotopic (exact) mass is 915 g/mol. The fourth-order valence-corrected chi connectivity index (χ4v) is 7.44. The van der Waals surface area contributed by atoms with Gasteiger partial charge in [0.25, 0.3) is 0 Å². The molecule has 16 heteroatoms. The minimum Gasteiger partial charge on any atom is -0.462 e. The van der Waals surface area contributed by atoms with E-state index in [1.54, 1.807) is 72.8 Å². The zero-order valence-electron chi connectivity index (χ0n) is 39.8. The van der Waals surface area contributed by atoms with Crippen molar-refractivity contribution in [1.82, 2.24) is 4.90 Å². The zero-order chi connectivity index (χ0) is 47.5. The molecule has 6 rings (SSSR count). The number of hydrogen-bond acceptors (Lipinski definition) is 16. The second kappa shape index (κ2) is 25.3. The predicted molar refractivity (Wildman–Crippen MR) is 267 cm³/mol. The molecule has 0 saturated heterocycles. The first-order chi connectivity index (χ1) is 32.6. The Balaban J connectivity index is 1.19. The Hall–Kier alpha value is -6.71. The topological polar surface area (TPSA) is 192 Å². The van der Waals surface area contributed by atoms with Gasteiger partial charge in [-0.3, -0.25) is 0 Å². The van der Waals surface area contributed by atoms with Crippen molar-refractivity contribution in [3.05, 3.63) is 89.5 Å². The van der Waals surface area contributed by atoms with Crippen LogP contribution in [0.5, 0.6) is 0 Å². The number of rotatable bonds is 24. The molecule has 3 heterocycles. The van der Waals surface area contributed by atoms with Gasteiger partial charge in [-0.25, -0.2) is 19.3 Å². The van der Waals surface area contributed by atoms with Gasteiger partial charge in [0.15, 0.2) is 0 Å². The summed E-state index contributed by atoms with van der Waals surface area (Å²) in [6.45, 7) is 14.0. The quantitative estimate of drug-likeness (QED) is 0.0575. The van der Waals surface area contributed by atoms with Gasteiger partial charge < -0.3 is 30.2 Å². The van der Waals surface area contributed by atoms with Gasteiger partial charge >= 0.3 is 17.9 Å². The fraction of sp³-hybridized carbons (Fsp3) is 0.471. The van der Waals surface area contributed by atoms with E-state index < -0.39 is 0 Å². The number of nitrogens with zero attached hydrogens (tertiary/aromatic N) is 7. The molecule has 3 aromatic carbocycles. The molecule has 16 nitrogen and oxygen atoms in total. The van der Waals surface area contributed by atoms with Crippen molar-refractivity contribution in [2.45, 2.75) is 119 Å².